The Labute approximate surface area is 96.2 Å². The van der Waals surface area contributed by atoms with Crippen LogP contribution in [0.25, 0.3) is 0 Å². The highest BCUT2D eigenvalue weighted by Gasteiger charge is 2.26. The lowest BCUT2D eigenvalue weighted by Crippen LogP contribution is -2.42. The molecular formula is C12H19N3O. The van der Waals surface area contributed by atoms with E-state index >= 15 is 0 Å². The van der Waals surface area contributed by atoms with Gasteiger partial charge in [-0.1, -0.05) is 13.8 Å². The van der Waals surface area contributed by atoms with Gasteiger partial charge in [0.15, 0.2) is 0 Å². The van der Waals surface area contributed by atoms with Gasteiger partial charge in [-0.05, 0) is 18.3 Å². The van der Waals surface area contributed by atoms with Gasteiger partial charge in [0.1, 0.15) is 0 Å². The molecule has 1 aromatic rings. The minimum Gasteiger partial charge on any atom is -0.338 e. The van der Waals surface area contributed by atoms with Crippen LogP contribution in [0.3, 0.4) is 0 Å². The number of piperidine rings is 1. The molecule has 1 amide bonds. The van der Waals surface area contributed by atoms with Crippen molar-refractivity contribution in [3.8, 4) is 0 Å². The fourth-order valence-electron chi connectivity index (χ4n) is 2.54. The van der Waals surface area contributed by atoms with Gasteiger partial charge in [0.2, 0.25) is 0 Å². The molecule has 2 rings (SSSR count). The van der Waals surface area contributed by atoms with E-state index in [2.05, 4.69) is 18.9 Å². The summed E-state index contributed by atoms with van der Waals surface area (Å²) in [5, 5.41) is 4.04. The van der Waals surface area contributed by atoms with Gasteiger partial charge in [0.05, 0.1) is 11.8 Å². The highest BCUT2D eigenvalue weighted by Crippen LogP contribution is 2.22. The Morgan fingerprint density at radius 3 is 2.50 bits per heavy atom. The lowest BCUT2D eigenvalue weighted by Gasteiger charge is -2.34. The topological polar surface area (TPSA) is 38.1 Å². The Morgan fingerprint density at radius 1 is 1.38 bits per heavy atom. The van der Waals surface area contributed by atoms with Crippen LogP contribution in [-0.2, 0) is 7.05 Å². The Morgan fingerprint density at radius 2 is 2.00 bits per heavy atom. The maximum Gasteiger partial charge on any atom is 0.257 e. The number of aromatic nitrogens is 2. The van der Waals surface area contributed by atoms with Crippen molar-refractivity contribution in [2.24, 2.45) is 18.9 Å². The highest BCUT2D eigenvalue weighted by atomic mass is 16.2. The summed E-state index contributed by atoms with van der Waals surface area (Å²) in [5.74, 6) is 1.32. The van der Waals surface area contributed by atoms with Crippen LogP contribution in [0.1, 0.15) is 30.6 Å². The van der Waals surface area contributed by atoms with Crippen molar-refractivity contribution in [1.29, 1.82) is 0 Å². The third-order valence-corrected chi connectivity index (χ3v) is 3.11. The molecule has 2 atom stereocenters. The fraction of sp³-hybridized carbons (Fsp3) is 0.667. The number of hydrogen-bond acceptors (Lipinski definition) is 2. The molecule has 0 aliphatic carbocycles. The molecule has 0 bridgehead atoms. The summed E-state index contributed by atoms with van der Waals surface area (Å²) in [5.41, 5.74) is 0.698. The molecule has 0 radical (unpaired) electrons. The second kappa shape index (κ2) is 4.28. The van der Waals surface area contributed by atoms with Crippen LogP contribution in [0, 0.1) is 11.8 Å². The zero-order chi connectivity index (χ0) is 11.7. The lowest BCUT2D eigenvalue weighted by atomic mass is 9.91. The van der Waals surface area contributed by atoms with Crippen LogP contribution in [0.5, 0.6) is 0 Å². The average Bonchev–Trinajstić information content (AvgIpc) is 2.62. The molecule has 1 aliphatic rings. The van der Waals surface area contributed by atoms with Crippen molar-refractivity contribution in [2.45, 2.75) is 20.3 Å². The lowest BCUT2D eigenvalue weighted by molar-refractivity contribution is 0.0623. The molecule has 0 saturated carbocycles. The number of amides is 1. The first-order chi connectivity index (χ1) is 7.56. The van der Waals surface area contributed by atoms with Crippen molar-refractivity contribution in [3.05, 3.63) is 18.0 Å². The van der Waals surface area contributed by atoms with Gasteiger partial charge in [-0.25, -0.2) is 0 Å². The number of hydrogen-bond donors (Lipinski definition) is 0. The Balaban J connectivity index is 2.09. The van der Waals surface area contributed by atoms with Crippen molar-refractivity contribution >= 4 is 5.91 Å². The smallest absolute Gasteiger partial charge is 0.257 e. The SMILES string of the molecule is CC1CC(C)CN(C(=O)c2cnn(C)c2)C1. The maximum atomic E-state index is 12.2. The van der Waals surface area contributed by atoms with E-state index in [1.54, 1.807) is 17.1 Å². The molecule has 0 spiro atoms. The van der Waals surface area contributed by atoms with Crippen molar-refractivity contribution in [3.63, 3.8) is 0 Å². The summed E-state index contributed by atoms with van der Waals surface area (Å²) in [4.78, 5) is 14.1. The van der Waals surface area contributed by atoms with E-state index in [9.17, 15) is 4.79 Å². The number of likely N-dealkylation sites (tertiary alicyclic amines) is 1. The van der Waals surface area contributed by atoms with Crippen molar-refractivity contribution in [1.82, 2.24) is 14.7 Å². The first-order valence-corrected chi connectivity index (χ1v) is 5.84. The molecule has 2 unspecified atom stereocenters. The van der Waals surface area contributed by atoms with E-state index in [0.717, 1.165) is 13.1 Å². The third kappa shape index (κ3) is 2.26. The molecule has 0 N–H and O–H groups in total. The highest BCUT2D eigenvalue weighted by molar-refractivity contribution is 5.93. The molecule has 16 heavy (non-hydrogen) atoms. The summed E-state index contributed by atoms with van der Waals surface area (Å²) < 4.78 is 1.67. The molecule has 1 aliphatic heterocycles. The molecule has 1 fully saturated rings. The van der Waals surface area contributed by atoms with Crippen LogP contribution >= 0.6 is 0 Å². The maximum absolute atomic E-state index is 12.2. The molecule has 88 valence electrons. The third-order valence-electron chi connectivity index (χ3n) is 3.11. The first-order valence-electron chi connectivity index (χ1n) is 5.84. The standard InChI is InChI=1S/C12H19N3O/c1-9-4-10(2)7-15(6-9)12(16)11-5-13-14(3)8-11/h5,8-10H,4,6-7H2,1-3H3. The number of carbonyl (C=O) groups excluding carboxylic acids is 1. The predicted octanol–water partition coefficient (Wildman–Crippen LogP) is 1.54. The first kappa shape index (κ1) is 11.2. The summed E-state index contributed by atoms with van der Waals surface area (Å²) >= 11 is 0. The monoisotopic (exact) mass is 221 g/mol. The van der Waals surface area contributed by atoms with E-state index in [1.165, 1.54) is 6.42 Å². The zero-order valence-electron chi connectivity index (χ0n) is 10.2. The van der Waals surface area contributed by atoms with E-state index in [0.29, 0.717) is 17.4 Å². The van der Waals surface area contributed by atoms with Gasteiger partial charge in [0, 0.05) is 26.3 Å². The Kier molecular flexibility index (Phi) is 2.99. The molecule has 1 saturated heterocycles. The van der Waals surface area contributed by atoms with Gasteiger partial charge >= 0.3 is 0 Å². The number of carbonyl (C=O) groups is 1. The summed E-state index contributed by atoms with van der Waals surface area (Å²) in [6.45, 7) is 6.16. The summed E-state index contributed by atoms with van der Waals surface area (Å²) in [6, 6.07) is 0. The van der Waals surface area contributed by atoms with Gasteiger partial charge in [-0.3, -0.25) is 9.48 Å². The van der Waals surface area contributed by atoms with Gasteiger partial charge in [-0.15, -0.1) is 0 Å². The second-order valence-electron chi connectivity index (χ2n) is 5.06. The van der Waals surface area contributed by atoms with E-state index in [4.69, 9.17) is 0 Å². The molecule has 4 heteroatoms. The molecule has 2 heterocycles. The van der Waals surface area contributed by atoms with Crippen LogP contribution in [0.4, 0.5) is 0 Å². The van der Waals surface area contributed by atoms with E-state index in [1.807, 2.05) is 11.9 Å². The number of rotatable bonds is 1. The largest absolute Gasteiger partial charge is 0.338 e. The van der Waals surface area contributed by atoms with Gasteiger partial charge in [-0.2, -0.15) is 5.10 Å². The fourth-order valence-corrected chi connectivity index (χ4v) is 2.54. The Bertz CT molecular complexity index is 375. The van der Waals surface area contributed by atoms with Crippen molar-refractivity contribution in [2.75, 3.05) is 13.1 Å². The average molecular weight is 221 g/mol. The zero-order valence-corrected chi connectivity index (χ0v) is 10.2. The van der Waals surface area contributed by atoms with Crippen LogP contribution in [-0.4, -0.2) is 33.7 Å². The van der Waals surface area contributed by atoms with Gasteiger partial charge in [0.25, 0.3) is 5.91 Å². The minimum absolute atomic E-state index is 0.117. The summed E-state index contributed by atoms with van der Waals surface area (Å²) in [6.07, 6.45) is 4.65. The van der Waals surface area contributed by atoms with Crippen LogP contribution in [0.15, 0.2) is 12.4 Å². The molecule has 1 aromatic heterocycles. The second-order valence-corrected chi connectivity index (χ2v) is 5.06. The number of nitrogens with zero attached hydrogens (tertiary/aromatic N) is 3. The van der Waals surface area contributed by atoms with E-state index in [-0.39, 0.29) is 5.91 Å². The summed E-state index contributed by atoms with van der Waals surface area (Å²) in [7, 11) is 1.83. The molecule has 4 nitrogen and oxygen atoms in total. The van der Waals surface area contributed by atoms with Gasteiger partial charge < -0.3 is 4.90 Å². The van der Waals surface area contributed by atoms with Crippen molar-refractivity contribution < 1.29 is 4.79 Å². The van der Waals surface area contributed by atoms with E-state index < -0.39 is 0 Å². The molecule has 0 aromatic carbocycles. The normalized spacial score (nSPS) is 25.8. The number of aryl methyl sites for hydroxylation is 1. The predicted molar refractivity (Wildman–Crippen MR) is 62.1 cm³/mol. The quantitative estimate of drug-likeness (QED) is 0.721. The molecular weight excluding hydrogens is 202 g/mol. The Hall–Kier alpha value is -1.32. The van der Waals surface area contributed by atoms with Crippen LogP contribution < -0.4 is 0 Å². The van der Waals surface area contributed by atoms with Crippen LogP contribution in [0.2, 0.25) is 0 Å². The minimum atomic E-state index is 0.117.